The van der Waals surface area contributed by atoms with E-state index in [0.29, 0.717) is 11.5 Å². The van der Waals surface area contributed by atoms with Crippen molar-refractivity contribution < 1.29 is 5.11 Å². The molecule has 0 bridgehead atoms. The number of anilines is 3. The van der Waals surface area contributed by atoms with Crippen LogP contribution in [0.2, 0.25) is 5.02 Å². The van der Waals surface area contributed by atoms with Crippen LogP contribution in [0.25, 0.3) is 10.9 Å². The first kappa shape index (κ1) is 12.5. The topological polar surface area (TPSA) is 84.1 Å². The molecule has 0 aliphatic heterocycles. The smallest absolute Gasteiger partial charge is 0.141 e. The number of phenols is 1. The van der Waals surface area contributed by atoms with Gasteiger partial charge in [-0.2, -0.15) is 0 Å². The number of halogens is 1. The van der Waals surface area contributed by atoms with Crippen molar-refractivity contribution in [2.75, 3.05) is 11.1 Å². The predicted octanol–water partition coefficient (Wildman–Crippen LogP) is 3.31. The number of nitrogens with two attached hydrogens (primary N) is 1. The van der Waals surface area contributed by atoms with E-state index in [2.05, 4.69) is 15.3 Å². The molecule has 20 heavy (non-hydrogen) atoms. The summed E-state index contributed by atoms with van der Waals surface area (Å²) >= 11 is 5.88. The normalized spacial score (nSPS) is 10.7. The summed E-state index contributed by atoms with van der Waals surface area (Å²) in [6, 6.07) is 10.3. The van der Waals surface area contributed by atoms with Crippen LogP contribution in [-0.4, -0.2) is 15.1 Å². The van der Waals surface area contributed by atoms with Crippen LogP contribution in [0.4, 0.5) is 17.2 Å². The highest BCUT2D eigenvalue weighted by atomic mass is 35.5. The monoisotopic (exact) mass is 286 g/mol. The summed E-state index contributed by atoms with van der Waals surface area (Å²) in [7, 11) is 0. The summed E-state index contributed by atoms with van der Waals surface area (Å²) in [5.41, 5.74) is 7.94. The largest absolute Gasteiger partial charge is 0.506 e. The van der Waals surface area contributed by atoms with E-state index in [1.54, 1.807) is 24.3 Å². The lowest BCUT2D eigenvalue weighted by Crippen LogP contribution is -1.96. The van der Waals surface area contributed by atoms with Crippen molar-refractivity contribution >= 4 is 39.7 Å². The molecular weight excluding hydrogens is 276 g/mol. The van der Waals surface area contributed by atoms with Gasteiger partial charge in [0, 0.05) is 16.8 Å². The first-order valence-corrected chi connectivity index (χ1v) is 6.27. The Bertz CT molecular complexity index is 791. The van der Waals surface area contributed by atoms with Crippen LogP contribution in [0.15, 0.2) is 42.7 Å². The zero-order valence-corrected chi connectivity index (χ0v) is 11.1. The van der Waals surface area contributed by atoms with Crippen LogP contribution in [0, 0.1) is 0 Å². The van der Waals surface area contributed by atoms with Crippen LogP contribution < -0.4 is 11.1 Å². The first-order valence-electron chi connectivity index (χ1n) is 5.89. The summed E-state index contributed by atoms with van der Waals surface area (Å²) in [6.45, 7) is 0. The number of aromatic hydroxyl groups is 1. The van der Waals surface area contributed by atoms with Gasteiger partial charge in [0.25, 0.3) is 0 Å². The highest BCUT2D eigenvalue weighted by molar-refractivity contribution is 6.32. The molecule has 0 radical (unpaired) electrons. The molecule has 5 nitrogen and oxygen atoms in total. The Morgan fingerprint density at radius 2 is 1.95 bits per heavy atom. The second kappa shape index (κ2) is 4.86. The van der Waals surface area contributed by atoms with Crippen LogP contribution >= 0.6 is 11.6 Å². The third-order valence-electron chi connectivity index (χ3n) is 2.87. The second-order valence-electron chi connectivity index (χ2n) is 4.29. The number of nitrogens with zero attached hydrogens (tertiary/aromatic N) is 2. The molecule has 0 atom stereocenters. The van der Waals surface area contributed by atoms with E-state index < -0.39 is 0 Å². The van der Waals surface area contributed by atoms with Crippen molar-refractivity contribution in [1.82, 2.24) is 9.97 Å². The molecule has 0 unspecified atom stereocenters. The average Bonchev–Trinajstić information content (AvgIpc) is 2.44. The summed E-state index contributed by atoms with van der Waals surface area (Å²) in [6.07, 6.45) is 1.48. The van der Waals surface area contributed by atoms with Crippen molar-refractivity contribution in [2.24, 2.45) is 0 Å². The zero-order chi connectivity index (χ0) is 14.1. The highest BCUT2D eigenvalue weighted by Crippen LogP contribution is 2.29. The van der Waals surface area contributed by atoms with Crippen LogP contribution in [0.1, 0.15) is 0 Å². The summed E-state index contributed by atoms with van der Waals surface area (Å²) in [5.74, 6) is 0.665. The fraction of sp³-hybridized carbons (Fsp3) is 0. The van der Waals surface area contributed by atoms with E-state index in [0.717, 1.165) is 16.6 Å². The van der Waals surface area contributed by atoms with E-state index in [-0.39, 0.29) is 10.8 Å². The fourth-order valence-corrected chi connectivity index (χ4v) is 2.08. The van der Waals surface area contributed by atoms with Gasteiger partial charge in [0.15, 0.2) is 0 Å². The van der Waals surface area contributed by atoms with Gasteiger partial charge in [0.1, 0.15) is 17.9 Å². The molecule has 1 heterocycles. The number of phenolic OH excluding ortho intramolecular Hbond substituents is 1. The van der Waals surface area contributed by atoms with Gasteiger partial charge in [-0.3, -0.25) is 0 Å². The third kappa shape index (κ3) is 2.31. The summed E-state index contributed by atoms with van der Waals surface area (Å²) in [5, 5.41) is 13.6. The standard InChI is InChI=1S/C14H11ClN4O/c15-11-6-9(2-4-13(11)20)19-14-10-5-8(16)1-3-12(10)17-7-18-14/h1-7,20H,16H2,(H,17,18,19). The van der Waals surface area contributed by atoms with Crippen molar-refractivity contribution in [2.45, 2.75) is 0 Å². The molecule has 0 fully saturated rings. The number of nitrogen functional groups attached to an aromatic ring is 1. The van der Waals surface area contributed by atoms with Gasteiger partial charge in [-0.1, -0.05) is 11.6 Å². The lowest BCUT2D eigenvalue weighted by Gasteiger charge is -2.09. The predicted molar refractivity (Wildman–Crippen MR) is 80.3 cm³/mol. The molecule has 3 rings (SSSR count). The van der Waals surface area contributed by atoms with Crippen molar-refractivity contribution in [3.63, 3.8) is 0 Å². The Morgan fingerprint density at radius 1 is 1.10 bits per heavy atom. The molecule has 100 valence electrons. The van der Waals surface area contributed by atoms with Crippen LogP contribution in [0.5, 0.6) is 5.75 Å². The minimum Gasteiger partial charge on any atom is -0.506 e. The molecule has 3 aromatic rings. The molecule has 1 aromatic heterocycles. The number of hydrogen-bond donors (Lipinski definition) is 3. The molecule has 0 saturated heterocycles. The van der Waals surface area contributed by atoms with E-state index in [9.17, 15) is 5.11 Å². The Balaban J connectivity index is 2.05. The van der Waals surface area contributed by atoms with Gasteiger partial charge in [-0.05, 0) is 36.4 Å². The quantitative estimate of drug-likeness (QED) is 0.497. The van der Waals surface area contributed by atoms with E-state index in [4.69, 9.17) is 17.3 Å². The number of rotatable bonds is 2. The number of fused-ring (bicyclic) bond motifs is 1. The van der Waals surface area contributed by atoms with Gasteiger partial charge in [0.05, 0.1) is 10.5 Å². The maximum absolute atomic E-state index is 9.42. The lowest BCUT2D eigenvalue weighted by molar-refractivity contribution is 0.475. The van der Waals surface area contributed by atoms with Gasteiger partial charge < -0.3 is 16.2 Å². The highest BCUT2D eigenvalue weighted by Gasteiger charge is 2.06. The van der Waals surface area contributed by atoms with Gasteiger partial charge >= 0.3 is 0 Å². The van der Waals surface area contributed by atoms with Gasteiger partial charge in [-0.15, -0.1) is 0 Å². The molecular formula is C14H11ClN4O. The Hall–Kier alpha value is -2.53. The molecule has 0 amide bonds. The third-order valence-corrected chi connectivity index (χ3v) is 3.17. The molecule has 4 N–H and O–H groups in total. The molecule has 6 heteroatoms. The number of nitrogens with one attached hydrogen (secondary N) is 1. The Kier molecular flexibility index (Phi) is 3.04. The van der Waals surface area contributed by atoms with E-state index in [1.165, 1.54) is 12.4 Å². The number of aromatic nitrogens is 2. The molecule has 0 aliphatic carbocycles. The minimum absolute atomic E-state index is 0.0361. The van der Waals surface area contributed by atoms with Crippen molar-refractivity contribution in [1.29, 1.82) is 0 Å². The molecule has 0 saturated carbocycles. The Labute approximate surface area is 120 Å². The Morgan fingerprint density at radius 3 is 2.75 bits per heavy atom. The van der Waals surface area contributed by atoms with E-state index >= 15 is 0 Å². The molecule has 0 spiro atoms. The molecule has 0 aliphatic rings. The summed E-state index contributed by atoms with van der Waals surface area (Å²) < 4.78 is 0. The maximum Gasteiger partial charge on any atom is 0.141 e. The number of hydrogen-bond acceptors (Lipinski definition) is 5. The van der Waals surface area contributed by atoms with Crippen molar-refractivity contribution in [3.05, 3.63) is 47.7 Å². The molecule has 2 aromatic carbocycles. The van der Waals surface area contributed by atoms with Gasteiger partial charge in [-0.25, -0.2) is 9.97 Å². The van der Waals surface area contributed by atoms with E-state index in [1.807, 2.05) is 6.07 Å². The van der Waals surface area contributed by atoms with Gasteiger partial charge in [0.2, 0.25) is 0 Å². The number of benzene rings is 2. The second-order valence-corrected chi connectivity index (χ2v) is 4.70. The average molecular weight is 287 g/mol. The zero-order valence-electron chi connectivity index (χ0n) is 10.3. The SMILES string of the molecule is Nc1ccc2ncnc(Nc3ccc(O)c(Cl)c3)c2c1. The maximum atomic E-state index is 9.42. The summed E-state index contributed by atoms with van der Waals surface area (Å²) in [4.78, 5) is 8.40. The minimum atomic E-state index is 0.0361. The van der Waals surface area contributed by atoms with Crippen LogP contribution in [-0.2, 0) is 0 Å². The first-order chi connectivity index (χ1) is 9.63. The van der Waals surface area contributed by atoms with Crippen LogP contribution in [0.3, 0.4) is 0 Å². The lowest BCUT2D eigenvalue weighted by atomic mass is 10.2. The fourth-order valence-electron chi connectivity index (χ4n) is 1.90. The van der Waals surface area contributed by atoms with Crippen molar-refractivity contribution in [3.8, 4) is 5.75 Å².